The molecule has 1 fully saturated rings. The van der Waals surface area contributed by atoms with E-state index >= 15 is 0 Å². The van der Waals surface area contributed by atoms with Crippen LogP contribution in [0.4, 0.5) is 0 Å². The lowest BCUT2D eigenvalue weighted by Gasteiger charge is -2.28. The minimum absolute atomic E-state index is 0.181. The first-order chi connectivity index (χ1) is 18.6. The molecular formula is C26H20N6O4S2. The van der Waals surface area contributed by atoms with Crippen molar-refractivity contribution in [3.63, 3.8) is 0 Å². The van der Waals surface area contributed by atoms with Crippen molar-refractivity contribution < 1.29 is 13.9 Å². The topological polar surface area (TPSA) is 116 Å². The van der Waals surface area contributed by atoms with Gasteiger partial charge in [-0.25, -0.2) is 9.99 Å². The first kappa shape index (κ1) is 24.2. The van der Waals surface area contributed by atoms with Crippen LogP contribution >= 0.6 is 23.5 Å². The van der Waals surface area contributed by atoms with E-state index in [1.54, 1.807) is 49.8 Å². The summed E-state index contributed by atoms with van der Waals surface area (Å²) in [5.74, 6) is 1.76. The highest BCUT2D eigenvalue weighted by Crippen LogP contribution is 2.38. The number of fused-ring (bicyclic) bond motifs is 1. The van der Waals surface area contributed by atoms with Crippen LogP contribution in [0.3, 0.4) is 0 Å². The van der Waals surface area contributed by atoms with Gasteiger partial charge in [0.25, 0.3) is 16.7 Å². The molecule has 0 N–H and O–H groups in total. The summed E-state index contributed by atoms with van der Waals surface area (Å²) in [6, 6.07) is 18.1. The fraction of sp³-hybridized carbons (Fsp3) is 0.154. The van der Waals surface area contributed by atoms with Crippen molar-refractivity contribution in [1.29, 1.82) is 0 Å². The van der Waals surface area contributed by atoms with E-state index in [2.05, 4.69) is 15.2 Å². The molecule has 10 nitrogen and oxygen atoms in total. The molecule has 0 radical (unpaired) electrons. The van der Waals surface area contributed by atoms with Gasteiger partial charge in [-0.2, -0.15) is 4.68 Å². The lowest BCUT2D eigenvalue weighted by molar-refractivity contribution is -0.117. The molecule has 0 spiro atoms. The summed E-state index contributed by atoms with van der Waals surface area (Å²) in [5, 5.41) is 10.1. The van der Waals surface area contributed by atoms with Crippen molar-refractivity contribution >= 4 is 40.3 Å². The maximum atomic E-state index is 13.8. The fourth-order valence-corrected chi connectivity index (χ4v) is 5.94. The number of benzene rings is 2. The Labute approximate surface area is 225 Å². The normalized spacial score (nSPS) is 15.3. The van der Waals surface area contributed by atoms with Crippen molar-refractivity contribution in [3.05, 3.63) is 94.8 Å². The number of methoxy groups -OCH3 is 1. The SMILES string of the molecule is COc1ccc(C2SCC(=O)N2n2c(CSc3nnc(-c4ccncc4)o3)nc3ccccc3c2=O)cc1. The van der Waals surface area contributed by atoms with Gasteiger partial charge in [0, 0.05) is 18.0 Å². The van der Waals surface area contributed by atoms with Gasteiger partial charge in [-0.3, -0.25) is 14.6 Å². The predicted octanol–water partition coefficient (Wildman–Crippen LogP) is 4.05. The number of para-hydroxylation sites is 1. The van der Waals surface area contributed by atoms with E-state index in [0.717, 1.165) is 11.1 Å². The molecule has 12 heteroatoms. The number of carbonyl (C=O) groups excluding carboxylic acids is 1. The van der Waals surface area contributed by atoms with Crippen molar-refractivity contribution in [3.8, 4) is 17.2 Å². The second kappa shape index (κ2) is 10.3. The minimum Gasteiger partial charge on any atom is -0.497 e. The number of amides is 1. The molecule has 5 aromatic rings. The number of hydrogen-bond donors (Lipinski definition) is 0. The largest absolute Gasteiger partial charge is 0.497 e. The number of hydrogen-bond acceptors (Lipinski definition) is 10. The molecule has 6 rings (SSSR count). The van der Waals surface area contributed by atoms with Gasteiger partial charge in [0.2, 0.25) is 5.89 Å². The maximum absolute atomic E-state index is 13.8. The van der Waals surface area contributed by atoms with Crippen molar-refractivity contribution in [1.82, 2.24) is 24.8 Å². The van der Waals surface area contributed by atoms with E-state index in [4.69, 9.17) is 14.1 Å². The molecule has 1 atom stereocenters. The molecule has 2 aromatic carbocycles. The van der Waals surface area contributed by atoms with Gasteiger partial charge < -0.3 is 9.15 Å². The molecule has 4 heterocycles. The quantitative estimate of drug-likeness (QED) is 0.278. The number of ether oxygens (including phenoxy) is 1. The van der Waals surface area contributed by atoms with Gasteiger partial charge in [0.05, 0.1) is 29.5 Å². The number of aromatic nitrogens is 5. The number of thioether (sulfide) groups is 2. The van der Waals surface area contributed by atoms with Gasteiger partial charge >= 0.3 is 0 Å². The number of nitrogens with zero attached hydrogens (tertiary/aromatic N) is 6. The zero-order valence-corrected chi connectivity index (χ0v) is 21.7. The third kappa shape index (κ3) is 4.52. The molecule has 1 saturated heterocycles. The van der Waals surface area contributed by atoms with Crippen molar-refractivity contribution in [2.75, 3.05) is 17.9 Å². The molecule has 38 heavy (non-hydrogen) atoms. The molecular weight excluding hydrogens is 524 g/mol. The Bertz CT molecular complexity index is 1670. The maximum Gasteiger partial charge on any atom is 0.280 e. The van der Waals surface area contributed by atoms with E-state index in [1.807, 2.05) is 30.3 Å². The van der Waals surface area contributed by atoms with Gasteiger partial charge in [-0.15, -0.1) is 22.0 Å². The highest BCUT2D eigenvalue weighted by atomic mass is 32.2. The van der Waals surface area contributed by atoms with Gasteiger partial charge in [-0.1, -0.05) is 36.0 Å². The van der Waals surface area contributed by atoms with Crippen LogP contribution < -0.4 is 15.3 Å². The zero-order chi connectivity index (χ0) is 26.1. The Balaban J connectivity index is 1.38. The second-order valence-corrected chi connectivity index (χ2v) is 10.2. The second-order valence-electron chi connectivity index (χ2n) is 8.23. The molecule has 190 valence electrons. The number of pyridine rings is 1. The molecule has 0 bridgehead atoms. The lowest BCUT2D eigenvalue weighted by Crippen LogP contribution is -2.46. The van der Waals surface area contributed by atoms with Crippen LogP contribution in [-0.4, -0.2) is 43.6 Å². The summed E-state index contributed by atoms with van der Waals surface area (Å²) in [4.78, 5) is 35.8. The Morgan fingerprint density at radius 1 is 1.05 bits per heavy atom. The summed E-state index contributed by atoms with van der Waals surface area (Å²) >= 11 is 2.70. The van der Waals surface area contributed by atoms with Crippen LogP contribution in [0, 0.1) is 0 Å². The van der Waals surface area contributed by atoms with Gasteiger partial charge in [0.1, 0.15) is 16.9 Å². The van der Waals surface area contributed by atoms with Crippen molar-refractivity contribution in [2.45, 2.75) is 16.3 Å². The molecule has 1 amide bonds. The minimum atomic E-state index is -0.403. The van der Waals surface area contributed by atoms with Crippen LogP contribution in [0.15, 0.2) is 87.5 Å². The Morgan fingerprint density at radius 2 is 1.84 bits per heavy atom. The van der Waals surface area contributed by atoms with E-state index < -0.39 is 5.37 Å². The van der Waals surface area contributed by atoms with Gasteiger partial charge in [0.15, 0.2) is 0 Å². The zero-order valence-electron chi connectivity index (χ0n) is 20.1. The average Bonchev–Trinajstić information content (AvgIpc) is 3.59. The molecule has 1 aliphatic rings. The highest BCUT2D eigenvalue weighted by Gasteiger charge is 2.37. The highest BCUT2D eigenvalue weighted by molar-refractivity contribution is 8.00. The van der Waals surface area contributed by atoms with E-state index in [9.17, 15) is 9.59 Å². The summed E-state index contributed by atoms with van der Waals surface area (Å²) in [6.45, 7) is 0. The van der Waals surface area contributed by atoms with Crippen LogP contribution in [0.25, 0.3) is 22.4 Å². The van der Waals surface area contributed by atoms with Crippen LogP contribution in [0.5, 0.6) is 5.75 Å². The average molecular weight is 545 g/mol. The van der Waals surface area contributed by atoms with Gasteiger partial charge in [-0.05, 0) is 42.0 Å². The monoisotopic (exact) mass is 544 g/mol. The van der Waals surface area contributed by atoms with E-state index in [1.165, 1.54) is 33.2 Å². The predicted molar refractivity (Wildman–Crippen MR) is 145 cm³/mol. The first-order valence-corrected chi connectivity index (χ1v) is 13.6. The standard InChI is InChI=1S/C26H20N6O4S2/c1-35-18-8-6-17(7-9-18)25-32(22(33)15-37-25)31-21(28-20-5-3-2-4-19(20)24(31)34)14-38-26-30-29-23(36-26)16-10-12-27-13-11-16/h2-13,25H,14-15H2,1H3. The Kier molecular flexibility index (Phi) is 6.56. The summed E-state index contributed by atoms with van der Waals surface area (Å²) in [6.07, 6.45) is 3.29. The summed E-state index contributed by atoms with van der Waals surface area (Å²) in [5.41, 5.74) is 1.86. The number of carbonyl (C=O) groups is 1. The number of rotatable bonds is 7. The third-order valence-corrected chi connectivity index (χ3v) is 7.95. The molecule has 0 aliphatic carbocycles. The van der Waals surface area contributed by atoms with E-state index in [0.29, 0.717) is 33.6 Å². The Hall–Kier alpha value is -4.16. The molecule has 0 saturated carbocycles. The Morgan fingerprint density at radius 3 is 2.63 bits per heavy atom. The molecule has 1 unspecified atom stereocenters. The van der Waals surface area contributed by atoms with Crippen LogP contribution in [0.1, 0.15) is 16.8 Å². The third-order valence-electron chi connectivity index (χ3n) is 5.94. The molecule has 1 aliphatic heterocycles. The van der Waals surface area contributed by atoms with Crippen LogP contribution in [-0.2, 0) is 10.5 Å². The summed E-state index contributed by atoms with van der Waals surface area (Å²) < 4.78 is 12.5. The smallest absolute Gasteiger partial charge is 0.280 e. The fourth-order valence-electron chi connectivity index (χ4n) is 4.13. The lowest BCUT2D eigenvalue weighted by atomic mass is 10.2. The van der Waals surface area contributed by atoms with E-state index in [-0.39, 0.29) is 23.0 Å². The van der Waals surface area contributed by atoms with Crippen LogP contribution in [0.2, 0.25) is 0 Å². The summed E-state index contributed by atoms with van der Waals surface area (Å²) in [7, 11) is 1.60. The van der Waals surface area contributed by atoms with Crippen molar-refractivity contribution in [2.24, 2.45) is 0 Å². The molecule has 3 aromatic heterocycles. The first-order valence-electron chi connectivity index (χ1n) is 11.6.